The topological polar surface area (TPSA) is 40.6 Å². The molecule has 2 amide bonds. The van der Waals surface area contributed by atoms with Crippen LogP contribution < -0.4 is 0 Å². The Hall–Kier alpha value is -1.84. The molecule has 0 unspecified atom stereocenters. The molecule has 1 saturated heterocycles. The number of amides is 2. The summed E-state index contributed by atoms with van der Waals surface area (Å²) in [5.74, 6) is 0.505. The maximum Gasteiger partial charge on any atom is 0.232 e. The van der Waals surface area contributed by atoms with Crippen LogP contribution in [0, 0.1) is 5.92 Å². The first kappa shape index (κ1) is 18.5. The highest BCUT2D eigenvalue weighted by Gasteiger charge is 2.36. The molecule has 0 radical (unpaired) electrons. The molecule has 0 aliphatic carbocycles. The third kappa shape index (κ3) is 3.80. The van der Waals surface area contributed by atoms with Crippen molar-refractivity contribution in [2.75, 3.05) is 26.2 Å². The van der Waals surface area contributed by atoms with Crippen LogP contribution in [0.2, 0.25) is 0 Å². The Balaban J connectivity index is 1.99. The van der Waals surface area contributed by atoms with Gasteiger partial charge in [-0.05, 0) is 32.3 Å². The molecule has 24 heavy (non-hydrogen) atoms. The fourth-order valence-corrected chi connectivity index (χ4v) is 3.40. The van der Waals surface area contributed by atoms with Gasteiger partial charge in [0, 0.05) is 32.1 Å². The third-order valence-corrected chi connectivity index (χ3v) is 5.24. The van der Waals surface area contributed by atoms with Gasteiger partial charge in [-0.25, -0.2) is 0 Å². The van der Waals surface area contributed by atoms with Crippen molar-refractivity contribution in [3.8, 4) is 0 Å². The standard InChI is InChI=1S/C20H30N2O2/c1-5-16(6-2)18(23)21-12-14-22(15-13-21)19(24)20(3,4)17-10-8-7-9-11-17/h7-11,16H,5-6,12-15H2,1-4H3. The van der Waals surface area contributed by atoms with Crippen molar-refractivity contribution in [2.24, 2.45) is 5.92 Å². The van der Waals surface area contributed by atoms with Gasteiger partial charge in [-0.2, -0.15) is 0 Å². The van der Waals surface area contributed by atoms with Crippen molar-refractivity contribution in [2.45, 2.75) is 46.0 Å². The van der Waals surface area contributed by atoms with Gasteiger partial charge >= 0.3 is 0 Å². The van der Waals surface area contributed by atoms with Gasteiger partial charge < -0.3 is 9.80 Å². The normalized spacial score (nSPS) is 15.7. The Labute approximate surface area is 145 Å². The molecule has 1 aliphatic rings. The van der Waals surface area contributed by atoms with Crippen molar-refractivity contribution < 1.29 is 9.59 Å². The molecule has 1 aromatic rings. The summed E-state index contributed by atoms with van der Waals surface area (Å²) in [4.78, 5) is 29.3. The number of carbonyl (C=O) groups is 2. The smallest absolute Gasteiger partial charge is 0.232 e. The molecule has 4 heteroatoms. The summed E-state index contributed by atoms with van der Waals surface area (Å²) in [6, 6.07) is 9.91. The Morgan fingerprint density at radius 3 is 1.96 bits per heavy atom. The van der Waals surface area contributed by atoms with Gasteiger partial charge in [-0.15, -0.1) is 0 Å². The fraction of sp³-hybridized carbons (Fsp3) is 0.600. The quantitative estimate of drug-likeness (QED) is 0.832. The molecular weight excluding hydrogens is 300 g/mol. The van der Waals surface area contributed by atoms with Crippen LogP contribution in [0.3, 0.4) is 0 Å². The highest BCUT2D eigenvalue weighted by Crippen LogP contribution is 2.26. The zero-order valence-electron chi connectivity index (χ0n) is 15.4. The first-order chi connectivity index (χ1) is 11.4. The van der Waals surface area contributed by atoms with E-state index in [1.54, 1.807) is 0 Å². The van der Waals surface area contributed by atoms with Crippen molar-refractivity contribution in [1.82, 2.24) is 9.80 Å². The Kier molecular flexibility index (Phi) is 6.03. The van der Waals surface area contributed by atoms with Gasteiger partial charge in [0.2, 0.25) is 11.8 Å². The molecule has 1 aromatic carbocycles. The van der Waals surface area contributed by atoms with Crippen molar-refractivity contribution in [1.29, 1.82) is 0 Å². The van der Waals surface area contributed by atoms with Gasteiger partial charge in [0.15, 0.2) is 0 Å². The number of benzene rings is 1. The van der Waals surface area contributed by atoms with Gasteiger partial charge in [0.25, 0.3) is 0 Å². The minimum atomic E-state index is -0.539. The summed E-state index contributed by atoms with van der Waals surface area (Å²) in [5, 5.41) is 0. The molecule has 1 heterocycles. The van der Waals surface area contributed by atoms with Crippen molar-refractivity contribution in [3.05, 3.63) is 35.9 Å². The molecule has 0 saturated carbocycles. The molecule has 0 aromatic heterocycles. The van der Waals surface area contributed by atoms with E-state index in [0.717, 1.165) is 18.4 Å². The second-order valence-electron chi connectivity index (χ2n) is 7.12. The lowest BCUT2D eigenvalue weighted by atomic mass is 9.83. The number of piperazine rings is 1. The minimum Gasteiger partial charge on any atom is -0.339 e. The first-order valence-electron chi connectivity index (χ1n) is 9.05. The van der Waals surface area contributed by atoms with E-state index in [2.05, 4.69) is 13.8 Å². The lowest BCUT2D eigenvalue weighted by Gasteiger charge is -2.39. The van der Waals surface area contributed by atoms with Crippen LogP contribution in [0.5, 0.6) is 0 Å². The third-order valence-electron chi connectivity index (χ3n) is 5.24. The molecule has 1 aliphatic heterocycles. The van der Waals surface area contributed by atoms with E-state index in [1.807, 2.05) is 54.0 Å². The second kappa shape index (κ2) is 7.82. The largest absolute Gasteiger partial charge is 0.339 e. The summed E-state index contributed by atoms with van der Waals surface area (Å²) in [6.45, 7) is 10.6. The zero-order valence-corrected chi connectivity index (χ0v) is 15.4. The van der Waals surface area contributed by atoms with E-state index in [0.29, 0.717) is 26.2 Å². The predicted octanol–water partition coefficient (Wildman–Crippen LogP) is 3.07. The molecule has 0 bridgehead atoms. The van der Waals surface area contributed by atoms with Crippen LogP contribution in [-0.4, -0.2) is 47.8 Å². The molecular formula is C20H30N2O2. The van der Waals surface area contributed by atoms with Crippen LogP contribution >= 0.6 is 0 Å². The van der Waals surface area contributed by atoms with Gasteiger partial charge in [-0.3, -0.25) is 9.59 Å². The molecule has 2 rings (SSSR count). The number of carbonyl (C=O) groups excluding carboxylic acids is 2. The van der Waals surface area contributed by atoms with E-state index in [-0.39, 0.29) is 17.7 Å². The minimum absolute atomic E-state index is 0.119. The zero-order chi connectivity index (χ0) is 17.7. The van der Waals surface area contributed by atoms with Gasteiger partial charge in [0.1, 0.15) is 0 Å². The average Bonchev–Trinajstić information content (AvgIpc) is 2.63. The lowest BCUT2D eigenvalue weighted by Crippen LogP contribution is -2.55. The molecule has 0 atom stereocenters. The number of nitrogens with zero attached hydrogens (tertiary/aromatic N) is 2. The molecule has 132 valence electrons. The first-order valence-corrected chi connectivity index (χ1v) is 9.05. The Morgan fingerprint density at radius 2 is 1.46 bits per heavy atom. The summed E-state index contributed by atoms with van der Waals surface area (Å²) in [7, 11) is 0. The van der Waals surface area contributed by atoms with Crippen LogP contribution in [0.25, 0.3) is 0 Å². The summed E-state index contributed by atoms with van der Waals surface area (Å²) in [5.41, 5.74) is 0.494. The summed E-state index contributed by atoms with van der Waals surface area (Å²) >= 11 is 0. The van der Waals surface area contributed by atoms with Crippen molar-refractivity contribution >= 4 is 11.8 Å². The van der Waals surface area contributed by atoms with E-state index >= 15 is 0 Å². The summed E-state index contributed by atoms with van der Waals surface area (Å²) < 4.78 is 0. The van der Waals surface area contributed by atoms with Crippen LogP contribution in [0.15, 0.2) is 30.3 Å². The molecule has 1 fully saturated rings. The van der Waals surface area contributed by atoms with E-state index in [9.17, 15) is 9.59 Å². The number of hydrogen-bond acceptors (Lipinski definition) is 2. The van der Waals surface area contributed by atoms with Crippen LogP contribution in [-0.2, 0) is 15.0 Å². The average molecular weight is 330 g/mol. The maximum absolute atomic E-state index is 13.0. The maximum atomic E-state index is 13.0. The number of hydrogen-bond donors (Lipinski definition) is 0. The van der Waals surface area contributed by atoms with E-state index in [4.69, 9.17) is 0 Å². The second-order valence-corrected chi connectivity index (χ2v) is 7.12. The predicted molar refractivity (Wildman–Crippen MR) is 96.7 cm³/mol. The van der Waals surface area contributed by atoms with Crippen molar-refractivity contribution in [3.63, 3.8) is 0 Å². The van der Waals surface area contributed by atoms with Crippen LogP contribution in [0.4, 0.5) is 0 Å². The van der Waals surface area contributed by atoms with Gasteiger partial charge in [-0.1, -0.05) is 44.2 Å². The Morgan fingerprint density at radius 1 is 0.958 bits per heavy atom. The van der Waals surface area contributed by atoms with Gasteiger partial charge in [0.05, 0.1) is 5.41 Å². The lowest BCUT2D eigenvalue weighted by molar-refractivity contribution is -0.144. The highest BCUT2D eigenvalue weighted by molar-refractivity contribution is 5.87. The monoisotopic (exact) mass is 330 g/mol. The van der Waals surface area contributed by atoms with Crippen LogP contribution in [0.1, 0.15) is 46.1 Å². The number of rotatable bonds is 5. The highest BCUT2D eigenvalue weighted by atomic mass is 16.2. The molecule has 0 spiro atoms. The summed E-state index contributed by atoms with van der Waals surface area (Å²) in [6.07, 6.45) is 1.77. The fourth-order valence-electron chi connectivity index (χ4n) is 3.40. The van der Waals surface area contributed by atoms with E-state index < -0.39 is 5.41 Å². The Bertz CT molecular complexity index is 556. The molecule has 4 nitrogen and oxygen atoms in total. The SMILES string of the molecule is CCC(CC)C(=O)N1CCN(C(=O)C(C)(C)c2ccccc2)CC1. The van der Waals surface area contributed by atoms with E-state index in [1.165, 1.54) is 0 Å². The molecule has 0 N–H and O–H groups in total.